The van der Waals surface area contributed by atoms with Crippen LogP contribution >= 0.6 is 11.6 Å². The fraction of sp³-hybridized carbons (Fsp3) is 0.200. The van der Waals surface area contributed by atoms with Gasteiger partial charge in [0.2, 0.25) is 11.7 Å². The molecule has 0 saturated carbocycles. The Balaban J connectivity index is 1.64. The van der Waals surface area contributed by atoms with Gasteiger partial charge in [0.05, 0.1) is 12.3 Å². The number of hydrogen-bond donors (Lipinski definition) is 1. The third-order valence-corrected chi connectivity index (χ3v) is 5.43. The van der Waals surface area contributed by atoms with Crippen LogP contribution in [-0.2, 0) is 11.3 Å². The van der Waals surface area contributed by atoms with Crippen LogP contribution in [0.1, 0.15) is 18.2 Å². The predicted octanol–water partition coefficient (Wildman–Crippen LogP) is 4.87. The lowest BCUT2D eigenvalue weighted by Gasteiger charge is -2.14. The van der Waals surface area contributed by atoms with Crippen LogP contribution in [0.15, 0.2) is 63.9 Å². The van der Waals surface area contributed by atoms with Crippen molar-refractivity contribution in [1.29, 1.82) is 0 Å². The molecule has 8 nitrogen and oxygen atoms in total. The van der Waals surface area contributed by atoms with Crippen molar-refractivity contribution in [2.24, 2.45) is 0 Å². The maximum Gasteiger partial charge on any atom is 0.264 e. The van der Waals surface area contributed by atoms with Gasteiger partial charge in [-0.25, -0.2) is 0 Å². The Bertz CT molecular complexity index is 1410. The summed E-state index contributed by atoms with van der Waals surface area (Å²) in [5.41, 5.74) is 2.35. The second kappa shape index (κ2) is 9.93. The summed E-state index contributed by atoms with van der Waals surface area (Å²) in [6.45, 7) is 5.70. The van der Waals surface area contributed by atoms with Gasteiger partial charge in [-0.05, 0) is 56.7 Å². The van der Waals surface area contributed by atoms with Crippen LogP contribution in [0, 0.1) is 13.8 Å². The molecule has 0 atom stereocenters. The number of halogens is 1. The largest absolute Gasteiger partial charge is 0.492 e. The molecule has 4 aromatic rings. The van der Waals surface area contributed by atoms with Crippen molar-refractivity contribution in [3.8, 4) is 28.6 Å². The van der Waals surface area contributed by atoms with Gasteiger partial charge in [-0.3, -0.25) is 9.59 Å². The fourth-order valence-corrected chi connectivity index (χ4v) is 3.83. The molecule has 0 fully saturated rings. The molecule has 2 aromatic carbocycles. The highest BCUT2D eigenvalue weighted by Gasteiger charge is 2.20. The molecule has 174 valence electrons. The summed E-state index contributed by atoms with van der Waals surface area (Å²) in [6.07, 6.45) is 0. The molecule has 0 bridgehead atoms. The van der Waals surface area contributed by atoms with Gasteiger partial charge in [-0.15, -0.1) is 0 Å². The number of carbonyl (C=O) groups is 1. The smallest absolute Gasteiger partial charge is 0.264 e. The number of aryl methyl sites for hydroxylation is 2. The van der Waals surface area contributed by atoms with Gasteiger partial charge in [0.25, 0.3) is 11.4 Å². The van der Waals surface area contributed by atoms with Crippen molar-refractivity contribution < 1.29 is 14.1 Å². The zero-order valence-corrected chi connectivity index (χ0v) is 19.7. The van der Waals surface area contributed by atoms with Crippen LogP contribution in [0.2, 0.25) is 5.02 Å². The normalized spacial score (nSPS) is 10.8. The molecule has 0 aliphatic rings. The Kier molecular flexibility index (Phi) is 6.79. The van der Waals surface area contributed by atoms with Crippen LogP contribution in [-0.4, -0.2) is 27.2 Å². The Hall–Kier alpha value is -3.91. The molecular formula is C25H23ClN4O4. The molecule has 0 unspecified atom stereocenters. The first-order chi connectivity index (χ1) is 16.4. The zero-order chi connectivity index (χ0) is 24.2. The van der Waals surface area contributed by atoms with Gasteiger partial charge in [-0.2, -0.15) is 4.98 Å². The van der Waals surface area contributed by atoms with E-state index in [0.29, 0.717) is 45.7 Å². The Labute approximate surface area is 201 Å². The molecule has 1 amide bonds. The summed E-state index contributed by atoms with van der Waals surface area (Å²) in [5, 5.41) is 7.35. The summed E-state index contributed by atoms with van der Waals surface area (Å²) < 4.78 is 12.3. The van der Waals surface area contributed by atoms with Crippen LogP contribution in [0.25, 0.3) is 22.8 Å². The lowest BCUT2D eigenvalue weighted by atomic mass is 10.1. The Morgan fingerprint density at radius 1 is 1.15 bits per heavy atom. The van der Waals surface area contributed by atoms with Crippen molar-refractivity contribution in [3.63, 3.8) is 0 Å². The number of nitrogens with one attached hydrogen (secondary N) is 1. The highest BCUT2D eigenvalue weighted by atomic mass is 35.5. The number of ether oxygens (including phenoxy) is 1. The van der Waals surface area contributed by atoms with E-state index in [1.807, 2.05) is 13.0 Å². The summed E-state index contributed by atoms with van der Waals surface area (Å²) in [4.78, 5) is 30.6. The number of pyridine rings is 1. The average molecular weight is 479 g/mol. The monoisotopic (exact) mass is 478 g/mol. The SMILES string of the molecule is CCOc1ccccc1NC(=O)Cn1c(C)cc(C)c(-c2nc(-c3cccc(Cl)c3)no2)c1=O. The van der Waals surface area contributed by atoms with Crippen molar-refractivity contribution >= 4 is 23.2 Å². The first-order valence-electron chi connectivity index (χ1n) is 10.7. The lowest BCUT2D eigenvalue weighted by Crippen LogP contribution is -2.30. The molecule has 4 rings (SSSR count). The van der Waals surface area contributed by atoms with Gasteiger partial charge >= 0.3 is 0 Å². The van der Waals surface area contributed by atoms with Crippen molar-refractivity contribution in [1.82, 2.24) is 14.7 Å². The van der Waals surface area contributed by atoms with Crippen LogP contribution in [0.5, 0.6) is 5.75 Å². The molecule has 9 heteroatoms. The number of rotatable bonds is 7. The third-order valence-electron chi connectivity index (χ3n) is 5.19. The molecule has 2 aromatic heterocycles. The minimum Gasteiger partial charge on any atom is -0.492 e. The highest BCUT2D eigenvalue weighted by Crippen LogP contribution is 2.26. The molecule has 0 aliphatic heterocycles. The summed E-state index contributed by atoms with van der Waals surface area (Å²) >= 11 is 6.06. The average Bonchev–Trinajstić information content (AvgIpc) is 3.28. The van der Waals surface area contributed by atoms with Crippen molar-refractivity contribution in [2.45, 2.75) is 27.3 Å². The van der Waals surface area contributed by atoms with E-state index in [9.17, 15) is 9.59 Å². The fourth-order valence-electron chi connectivity index (χ4n) is 3.64. The van der Waals surface area contributed by atoms with E-state index in [4.69, 9.17) is 20.9 Å². The number of amides is 1. The quantitative estimate of drug-likeness (QED) is 0.406. The molecule has 0 spiro atoms. The Morgan fingerprint density at radius 2 is 1.94 bits per heavy atom. The van der Waals surface area contributed by atoms with E-state index < -0.39 is 5.56 Å². The lowest BCUT2D eigenvalue weighted by molar-refractivity contribution is -0.116. The summed E-state index contributed by atoms with van der Waals surface area (Å²) in [6, 6.07) is 16.0. The second-order valence-corrected chi connectivity index (χ2v) is 8.08. The van der Waals surface area contributed by atoms with E-state index in [1.165, 1.54) is 4.57 Å². The van der Waals surface area contributed by atoms with E-state index in [1.54, 1.807) is 62.4 Å². The number of hydrogen-bond acceptors (Lipinski definition) is 6. The number of nitrogens with zero attached hydrogens (tertiary/aromatic N) is 3. The molecule has 0 aliphatic carbocycles. The third kappa shape index (κ3) is 4.87. The van der Waals surface area contributed by atoms with Crippen LogP contribution in [0.4, 0.5) is 5.69 Å². The van der Waals surface area contributed by atoms with Gasteiger partial charge < -0.3 is 19.1 Å². The van der Waals surface area contributed by atoms with Gasteiger partial charge in [0.15, 0.2) is 0 Å². The minimum atomic E-state index is -0.396. The van der Waals surface area contributed by atoms with E-state index in [0.717, 1.165) is 0 Å². The Morgan fingerprint density at radius 3 is 2.71 bits per heavy atom. The number of carbonyl (C=O) groups excluding carboxylic acids is 1. The van der Waals surface area contributed by atoms with Gasteiger partial charge in [0, 0.05) is 16.3 Å². The summed E-state index contributed by atoms with van der Waals surface area (Å²) in [5.74, 6) is 0.589. The molecule has 34 heavy (non-hydrogen) atoms. The first kappa shape index (κ1) is 23.3. The van der Waals surface area contributed by atoms with E-state index in [-0.39, 0.29) is 23.9 Å². The van der Waals surface area contributed by atoms with Crippen molar-refractivity contribution in [3.05, 3.63) is 81.2 Å². The second-order valence-electron chi connectivity index (χ2n) is 7.65. The predicted molar refractivity (Wildman–Crippen MR) is 130 cm³/mol. The topological polar surface area (TPSA) is 99.2 Å². The molecular weight excluding hydrogens is 456 g/mol. The van der Waals surface area contributed by atoms with E-state index in [2.05, 4.69) is 15.5 Å². The number of benzene rings is 2. The van der Waals surface area contributed by atoms with Crippen LogP contribution < -0.4 is 15.6 Å². The van der Waals surface area contributed by atoms with E-state index >= 15 is 0 Å². The molecule has 2 heterocycles. The van der Waals surface area contributed by atoms with Crippen molar-refractivity contribution in [2.75, 3.05) is 11.9 Å². The van der Waals surface area contributed by atoms with Crippen LogP contribution in [0.3, 0.4) is 0 Å². The van der Waals surface area contributed by atoms with Gasteiger partial charge in [0.1, 0.15) is 17.9 Å². The zero-order valence-electron chi connectivity index (χ0n) is 19.0. The first-order valence-corrected chi connectivity index (χ1v) is 11.1. The molecule has 1 N–H and O–H groups in total. The number of anilines is 1. The number of aromatic nitrogens is 3. The minimum absolute atomic E-state index is 0.0772. The van der Waals surface area contributed by atoms with Gasteiger partial charge in [-0.1, -0.05) is 41.0 Å². The maximum absolute atomic E-state index is 13.4. The summed E-state index contributed by atoms with van der Waals surface area (Å²) in [7, 11) is 0. The highest BCUT2D eigenvalue weighted by molar-refractivity contribution is 6.30. The molecule has 0 saturated heterocycles. The number of para-hydroxylation sites is 2. The molecule has 0 radical (unpaired) electrons. The maximum atomic E-state index is 13.4. The standard InChI is InChI=1S/C25H23ClN4O4/c1-4-33-20-11-6-5-10-19(20)27-21(31)14-30-16(3)12-15(2)22(25(30)32)24-28-23(29-34-24)17-8-7-9-18(26)13-17/h5-13H,4,14H2,1-3H3,(H,27,31).